The molecule has 1 aliphatic heterocycles. The van der Waals surface area contributed by atoms with Crippen molar-refractivity contribution >= 4 is 27.3 Å². The van der Waals surface area contributed by atoms with Crippen molar-refractivity contribution < 1.29 is 13.2 Å². The molecule has 0 unspecified atom stereocenters. The Labute approximate surface area is 157 Å². The number of carbonyl (C=O) groups is 1. The zero-order valence-corrected chi connectivity index (χ0v) is 17.1. The number of likely N-dealkylation sites (tertiary alicyclic amines) is 1. The van der Waals surface area contributed by atoms with Crippen molar-refractivity contribution in [2.75, 3.05) is 58.0 Å². The molecule has 146 valence electrons. The smallest absolute Gasteiger partial charge is 0.242 e. The van der Waals surface area contributed by atoms with Gasteiger partial charge in [0, 0.05) is 34.7 Å². The Morgan fingerprint density at radius 3 is 2.54 bits per heavy atom. The van der Waals surface area contributed by atoms with Crippen LogP contribution in [-0.2, 0) is 14.8 Å². The number of hydrogen-bond acceptors (Lipinski definition) is 5. The Bertz CT molecular complexity index is 747. The molecule has 1 saturated heterocycles. The van der Waals surface area contributed by atoms with Crippen molar-refractivity contribution in [2.45, 2.75) is 24.7 Å². The van der Waals surface area contributed by atoms with Crippen LogP contribution in [0.1, 0.15) is 19.8 Å². The van der Waals surface area contributed by atoms with Crippen LogP contribution >= 0.6 is 0 Å². The average molecular weight is 383 g/mol. The van der Waals surface area contributed by atoms with Gasteiger partial charge in [0.05, 0.1) is 22.8 Å². The molecule has 1 aliphatic rings. The molecule has 0 spiro atoms. The lowest BCUT2D eigenvalue weighted by molar-refractivity contribution is -0.117. The van der Waals surface area contributed by atoms with Crippen LogP contribution in [0.4, 0.5) is 11.4 Å². The molecule has 1 atom stereocenters. The van der Waals surface area contributed by atoms with Gasteiger partial charge in [0.25, 0.3) is 0 Å². The quantitative estimate of drug-likeness (QED) is 0.810. The van der Waals surface area contributed by atoms with Crippen LogP contribution < -0.4 is 10.2 Å². The minimum atomic E-state index is -3.56. The van der Waals surface area contributed by atoms with Crippen LogP contribution in [0.25, 0.3) is 0 Å². The van der Waals surface area contributed by atoms with Gasteiger partial charge in [-0.05, 0) is 43.5 Å². The van der Waals surface area contributed by atoms with Crippen molar-refractivity contribution in [3.63, 3.8) is 0 Å². The van der Waals surface area contributed by atoms with Crippen LogP contribution in [0, 0.1) is 5.92 Å². The standard InChI is InChI=1S/C18H30N4O3S/c1-14-7-6-10-22(12-14)13-18(23)19-16-11-15(26(24,25)21(4)5)8-9-17(16)20(2)3/h8-9,11,14H,6-7,10,12-13H2,1-5H3,(H,19,23)/t14-/m0/s1. The maximum Gasteiger partial charge on any atom is 0.242 e. The summed E-state index contributed by atoms with van der Waals surface area (Å²) in [6.45, 7) is 4.36. The first-order valence-electron chi connectivity index (χ1n) is 8.87. The monoisotopic (exact) mass is 382 g/mol. The fraction of sp³-hybridized carbons (Fsp3) is 0.611. The van der Waals surface area contributed by atoms with E-state index in [4.69, 9.17) is 0 Å². The lowest BCUT2D eigenvalue weighted by Crippen LogP contribution is -2.39. The minimum Gasteiger partial charge on any atom is -0.376 e. The van der Waals surface area contributed by atoms with Gasteiger partial charge in [-0.1, -0.05) is 6.92 Å². The molecule has 0 aliphatic carbocycles. The van der Waals surface area contributed by atoms with Gasteiger partial charge >= 0.3 is 0 Å². The van der Waals surface area contributed by atoms with E-state index in [1.165, 1.54) is 30.9 Å². The van der Waals surface area contributed by atoms with Crippen LogP contribution in [0.2, 0.25) is 0 Å². The molecule has 1 aromatic rings. The summed E-state index contributed by atoms with van der Waals surface area (Å²) in [7, 11) is 3.14. The molecular formula is C18H30N4O3S. The summed E-state index contributed by atoms with van der Waals surface area (Å²) >= 11 is 0. The number of anilines is 2. The Kier molecular flexibility index (Phi) is 6.65. The highest BCUT2D eigenvalue weighted by molar-refractivity contribution is 7.89. The van der Waals surface area contributed by atoms with Crippen molar-refractivity contribution in [3.8, 4) is 0 Å². The lowest BCUT2D eigenvalue weighted by atomic mass is 10.0. The van der Waals surface area contributed by atoms with Gasteiger partial charge < -0.3 is 10.2 Å². The number of hydrogen-bond donors (Lipinski definition) is 1. The predicted octanol–water partition coefficient (Wildman–Crippen LogP) is 1.67. The highest BCUT2D eigenvalue weighted by atomic mass is 32.2. The molecule has 1 amide bonds. The molecule has 1 N–H and O–H groups in total. The molecule has 1 heterocycles. The van der Waals surface area contributed by atoms with E-state index in [0.717, 1.165) is 25.2 Å². The molecule has 1 fully saturated rings. The number of nitrogens with zero attached hydrogens (tertiary/aromatic N) is 3. The average Bonchev–Trinajstić information content (AvgIpc) is 2.54. The van der Waals surface area contributed by atoms with E-state index in [1.807, 2.05) is 19.0 Å². The van der Waals surface area contributed by atoms with Crippen LogP contribution in [0.5, 0.6) is 0 Å². The largest absolute Gasteiger partial charge is 0.376 e. The first-order valence-corrected chi connectivity index (χ1v) is 10.3. The number of carbonyl (C=O) groups excluding carboxylic acids is 1. The molecule has 0 bridgehead atoms. The van der Waals surface area contributed by atoms with Crippen molar-refractivity contribution in [1.82, 2.24) is 9.21 Å². The Balaban J connectivity index is 2.21. The number of sulfonamides is 1. The first-order chi connectivity index (χ1) is 12.1. The molecule has 2 rings (SSSR count). The first kappa shape index (κ1) is 20.7. The van der Waals surface area contributed by atoms with E-state index in [0.29, 0.717) is 18.2 Å². The fourth-order valence-corrected chi connectivity index (χ4v) is 4.13. The van der Waals surface area contributed by atoms with Gasteiger partial charge in [-0.15, -0.1) is 0 Å². The molecule has 1 aromatic carbocycles. The van der Waals surface area contributed by atoms with Crippen LogP contribution in [-0.4, -0.2) is 71.4 Å². The second kappa shape index (κ2) is 8.37. The Morgan fingerprint density at radius 2 is 1.96 bits per heavy atom. The van der Waals surface area contributed by atoms with E-state index in [-0.39, 0.29) is 10.8 Å². The van der Waals surface area contributed by atoms with Gasteiger partial charge in [-0.2, -0.15) is 0 Å². The van der Waals surface area contributed by atoms with E-state index in [2.05, 4.69) is 17.1 Å². The van der Waals surface area contributed by atoms with Gasteiger partial charge in [-0.25, -0.2) is 12.7 Å². The summed E-state index contributed by atoms with van der Waals surface area (Å²) in [6.07, 6.45) is 2.31. The summed E-state index contributed by atoms with van der Waals surface area (Å²) < 4.78 is 26.0. The van der Waals surface area contributed by atoms with Gasteiger partial charge in [0.2, 0.25) is 15.9 Å². The summed E-state index contributed by atoms with van der Waals surface area (Å²) in [5.74, 6) is 0.476. The molecule has 0 aromatic heterocycles. The second-order valence-corrected chi connectivity index (χ2v) is 9.54. The predicted molar refractivity (Wildman–Crippen MR) is 105 cm³/mol. The number of amides is 1. The van der Waals surface area contributed by atoms with Crippen molar-refractivity contribution in [1.29, 1.82) is 0 Å². The molecule has 0 saturated carbocycles. The van der Waals surface area contributed by atoms with E-state index >= 15 is 0 Å². The molecule has 0 radical (unpaired) electrons. The molecular weight excluding hydrogens is 352 g/mol. The third-order valence-corrected chi connectivity index (χ3v) is 6.42. The number of benzene rings is 1. The van der Waals surface area contributed by atoms with E-state index in [1.54, 1.807) is 12.1 Å². The van der Waals surface area contributed by atoms with E-state index < -0.39 is 10.0 Å². The molecule has 26 heavy (non-hydrogen) atoms. The van der Waals surface area contributed by atoms with Gasteiger partial charge in [-0.3, -0.25) is 9.69 Å². The maximum absolute atomic E-state index is 12.5. The number of rotatable bonds is 6. The topological polar surface area (TPSA) is 73.0 Å². The van der Waals surface area contributed by atoms with Crippen LogP contribution in [0.15, 0.2) is 23.1 Å². The highest BCUT2D eigenvalue weighted by Crippen LogP contribution is 2.28. The van der Waals surface area contributed by atoms with Crippen molar-refractivity contribution in [2.24, 2.45) is 5.92 Å². The normalized spacial score (nSPS) is 18.8. The second-order valence-electron chi connectivity index (χ2n) is 7.39. The summed E-state index contributed by atoms with van der Waals surface area (Å²) in [5.41, 5.74) is 1.27. The third-order valence-electron chi connectivity index (χ3n) is 4.61. The maximum atomic E-state index is 12.5. The number of piperidine rings is 1. The highest BCUT2D eigenvalue weighted by Gasteiger charge is 2.22. The Morgan fingerprint density at radius 1 is 1.27 bits per heavy atom. The van der Waals surface area contributed by atoms with Gasteiger partial charge in [0.1, 0.15) is 0 Å². The molecule has 7 nitrogen and oxygen atoms in total. The summed E-state index contributed by atoms with van der Waals surface area (Å²) in [6, 6.07) is 4.81. The minimum absolute atomic E-state index is 0.124. The van der Waals surface area contributed by atoms with E-state index in [9.17, 15) is 13.2 Å². The van der Waals surface area contributed by atoms with Crippen molar-refractivity contribution in [3.05, 3.63) is 18.2 Å². The zero-order valence-electron chi connectivity index (χ0n) is 16.3. The third kappa shape index (κ3) is 4.96. The van der Waals surface area contributed by atoms with Crippen LogP contribution in [0.3, 0.4) is 0 Å². The van der Waals surface area contributed by atoms with Gasteiger partial charge in [0.15, 0.2) is 0 Å². The SMILES string of the molecule is C[C@H]1CCCN(CC(=O)Nc2cc(S(=O)(=O)N(C)C)ccc2N(C)C)C1. The Hall–Kier alpha value is -1.64. The summed E-state index contributed by atoms with van der Waals surface area (Å²) in [5, 5.41) is 2.90. The lowest BCUT2D eigenvalue weighted by Gasteiger charge is -2.30. The molecule has 8 heteroatoms. The zero-order chi connectivity index (χ0) is 19.5. The summed E-state index contributed by atoms with van der Waals surface area (Å²) in [4.78, 5) is 16.7. The fourth-order valence-electron chi connectivity index (χ4n) is 3.20. The number of nitrogens with one attached hydrogen (secondary N) is 1.